The number of hydrogen-bond donors (Lipinski definition) is 2. The quantitative estimate of drug-likeness (QED) is 0.695. The van der Waals surface area contributed by atoms with Gasteiger partial charge in [0.1, 0.15) is 6.04 Å². The zero-order chi connectivity index (χ0) is 20.9. The number of rotatable bonds is 7. The molecule has 4 amide bonds. The van der Waals surface area contributed by atoms with Crippen molar-refractivity contribution >= 4 is 17.8 Å². The second-order valence-corrected chi connectivity index (χ2v) is 7.98. The van der Waals surface area contributed by atoms with Gasteiger partial charge in [-0.2, -0.15) is 0 Å². The molecule has 156 valence electrons. The number of carbonyl (C=O) groups excluding carboxylic acids is 3. The monoisotopic (exact) mass is 405 g/mol. The van der Waals surface area contributed by atoms with E-state index in [0.29, 0.717) is 19.4 Å². The van der Waals surface area contributed by atoms with E-state index >= 15 is 0 Å². The standard InChI is InChI=1S/C24H27N3O3/c28-22(25-20-12-6-10-18-9-4-5-11-19(18)20)14-13-21-23(29)27(24(30)26-21)16-15-17-7-2-1-3-8-17/h1-5,7-9,11,20-21H,6,10,12-16H2,(H,25,28)(H,26,30)/t20?,21-/m0/s1. The van der Waals surface area contributed by atoms with Gasteiger partial charge in [0.05, 0.1) is 6.04 Å². The van der Waals surface area contributed by atoms with E-state index in [4.69, 9.17) is 0 Å². The lowest BCUT2D eigenvalue weighted by Crippen LogP contribution is -2.35. The smallest absolute Gasteiger partial charge is 0.324 e. The number of benzene rings is 2. The van der Waals surface area contributed by atoms with Gasteiger partial charge in [0.25, 0.3) is 5.91 Å². The van der Waals surface area contributed by atoms with E-state index in [2.05, 4.69) is 22.8 Å². The van der Waals surface area contributed by atoms with E-state index in [0.717, 1.165) is 24.8 Å². The first-order valence-electron chi connectivity index (χ1n) is 10.6. The molecule has 2 aromatic rings. The number of nitrogens with zero attached hydrogens (tertiary/aromatic N) is 1. The molecule has 0 bridgehead atoms. The highest BCUT2D eigenvalue weighted by atomic mass is 16.2. The minimum atomic E-state index is -0.627. The number of urea groups is 1. The van der Waals surface area contributed by atoms with Crippen LogP contribution in [0.15, 0.2) is 54.6 Å². The number of imide groups is 1. The molecule has 0 aromatic heterocycles. The Morgan fingerprint density at radius 1 is 1.07 bits per heavy atom. The van der Waals surface area contributed by atoms with Crippen molar-refractivity contribution in [3.8, 4) is 0 Å². The maximum Gasteiger partial charge on any atom is 0.324 e. The van der Waals surface area contributed by atoms with Crippen LogP contribution in [0.3, 0.4) is 0 Å². The lowest BCUT2D eigenvalue weighted by atomic mass is 9.87. The largest absolute Gasteiger partial charge is 0.349 e. The second-order valence-electron chi connectivity index (χ2n) is 7.98. The molecule has 1 unspecified atom stereocenters. The van der Waals surface area contributed by atoms with Crippen LogP contribution in [0, 0.1) is 0 Å². The van der Waals surface area contributed by atoms with Crippen molar-refractivity contribution in [2.45, 2.75) is 50.6 Å². The summed E-state index contributed by atoms with van der Waals surface area (Å²) in [4.78, 5) is 38.6. The number of carbonyl (C=O) groups is 3. The first kappa shape index (κ1) is 20.1. The summed E-state index contributed by atoms with van der Waals surface area (Å²) in [5.74, 6) is -0.326. The summed E-state index contributed by atoms with van der Waals surface area (Å²) >= 11 is 0. The predicted octanol–water partition coefficient (Wildman–Crippen LogP) is 3.12. The van der Waals surface area contributed by atoms with Crippen LogP contribution in [0.1, 0.15) is 48.4 Å². The van der Waals surface area contributed by atoms with Gasteiger partial charge in [-0.3, -0.25) is 14.5 Å². The number of fused-ring (bicyclic) bond motifs is 1. The van der Waals surface area contributed by atoms with Crippen molar-refractivity contribution in [1.29, 1.82) is 0 Å². The van der Waals surface area contributed by atoms with E-state index in [1.165, 1.54) is 16.0 Å². The molecule has 30 heavy (non-hydrogen) atoms. The van der Waals surface area contributed by atoms with Crippen LogP contribution >= 0.6 is 0 Å². The van der Waals surface area contributed by atoms with Gasteiger partial charge in [0.15, 0.2) is 0 Å². The third-order valence-electron chi connectivity index (χ3n) is 5.94. The Kier molecular flexibility index (Phi) is 6.12. The van der Waals surface area contributed by atoms with Crippen molar-refractivity contribution in [2.75, 3.05) is 6.54 Å². The van der Waals surface area contributed by atoms with Gasteiger partial charge in [-0.25, -0.2) is 4.79 Å². The minimum Gasteiger partial charge on any atom is -0.349 e. The summed E-state index contributed by atoms with van der Waals surface area (Å²) in [6.45, 7) is 0.343. The Hall–Kier alpha value is -3.15. The van der Waals surface area contributed by atoms with Crippen molar-refractivity contribution < 1.29 is 14.4 Å². The van der Waals surface area contributed by atoms with E-state index in [1.807, 2.05) is 42.5 Å². The van der Waals surface area contributed by atoms with Crippen LogP contribution in [0.25, 0.3) is 0 Å². The van der Waals surface area contributed by atoms with Crippen LogP contribution in [-0.2, 0) is 22.4 Å². The molecule has 0 saturated carbocycles. The van der Waals surface area contributed by atoms with Gasteiger partial charge in [-0.15, -0.1) is 0 Å². The van der Waals surface area contributed by atoms with Gasteiger partial charge in [-0.05, 0) is 48.8 Å². The summed E-state index contributed by atoms with van der Waals surface area (Å²) in [7, 11) is 0. The van der Waals surface area contributed by atoms with Crippen molar-refractivity contribution in [2.24, 2.45) is 0 Å². The summed E-state index contributed by atoms with van der Waals surface area (Å²) in [5, 5.41) is 5.83. The first-order chi connectivity index (χ1) is 14.6. The van der Waals surface area contributed by atoms with E-state index in [-0.39, 0.29) is 30.3 Å². The summed E-state index contributed by atoms with van der Waals surface area (Å²) in [5.41, 5.74) is 3.56. The minimum absolute atomic E-state index is 0.0266. The molecule has 1 saturated heterocycles. The number of nitrogens with one attached hydrogen (secondary N) is 2. The Labute approximate surface area is 176 Å². The zero-order valence-electron chi connectivity index (χ0n) is 17.0. The third kappa shape index (κ3) is 4.53. The highest BCUT2D eigenvalue weighted by Crippen LogP contribution is 2.29. The molecule has 4 rings (SSSR count). The molecule has 2 aromatic carbocycles. The lowest BCUT2D eigenvalue weighted by Gasteiger charge is -2.26. The molecule has 0 spiro atoms. The normalized spacial score (nSPS) is 20.6. The van der Waals surface area contributed by atoms with Crippen LogP contribution in [-0.4, -0.2) is 35.3 Å². The van der Waals surface area contributed by atoms with Crippen LogP contribution in [0.4, 0.5) is 4.79 Å². The fourth-order valence-corrected chi connectivity index (χ4v) is 4.32. The molecule has 1 fully saturated rings. The Morgan fingerprint density at radius 2 is 1.83 bits per heavy atom. The Bertz CT molecular complexity index is 928. The molecule has 1 aliphatic heterocycles. The van der Waals surface area contributed by atoms with Gasteiger partial charge in [0, 0.05) is 13.0 Å². The summed E-state index contributed by atoms with van der Waals surface area (Å²) < 4.78 is 0. The van der Waals surface area contributed by atoms with Crippen LogP contribution < -0.4 is 10.6 Å². The molecular weight excluding hydrogens is 378 g/mol. The molecule has 2 N–H and O–H groups in total. The van der Waals surface area contributed by atoms with Crippen molar-refractivity contribution in [3.05, 3.63) is 71.3 Å². The summed E-state index contributed by atoms with van der Waals surface area (Å²) in [6, 6.07) is 17.0. The number of hydrogen-bond acceptors (Lipinski definition) is 3. The molecule has 0 radical (unpaired) electrons. The lowest BCUT2D eigenvalue weighted by molar-refractivity contribution is -0.127. The highest BCUT2D eigenvalue weighted by molar-refractivity contribution is 6.04. The van der Waals surface area contributed by atoms with Crippen LogP contribution in [0.5, 0.6) is 0 Å². The maximum absolute atomic E-state index is 12.6. The number of amides is 4. The van der Waals surface area contributed by atoms with Gasteiger partial charge >= 0.3 is 6.03 Å². The topological polar surface area (TPSA) is 78.5 Å². The average Bonchev–Trinajstić information content (AvgIpc) is 3.04. The van der Waals surface area contributed by atoms with Gasteiger partial charge < -0.3 is 10.6 Å². The van der Waals surface area contributed by atoms with E-state index in [1.54, 1.807) is 0 Å². The summed E-state index contributed by atoms with van der Waals surface area (Å²) in [6.07, 6.45) is 4.16. The first-order valence-corrected chi connectivity index (χ1v) is 10.6. The van der Waals surface area contributed by atoms with Crippen molar-refractivity contribution in [1.82, 2.24) is 15.5 Å². The molecule has 1 heterocycles. The Morgan fingerprint density at radius 3 is 2.67 bits per heavy atom. The Balaban J connectivity index is 1.27. The SMILES string of the molecule is O=C(CC[C@@H]1NC(=O)N(CCc2ccccc2)C1=O)NC1CCCc2ccccc21. The van der Waals surface area contributed by atoms with E-state index in [9.17, 15) is 14.4 Å². The predicted molar refractivity (Wildman–Crippen MR) is 114 cm³/mol. The van der Waals surface area contributed by atoms with Crippen molar-refractivity contribution in [3.63, 3.8) is 0 Å². The molecule has 2 aliphatic rings. The van der Waals surface area contributed by atoms with E-state index < -0.39 is 6.04 Å². The molecule has 2 atom stereocenters. The zero-order valence-corrected chi connectivity index (χ0v) is 17.0. The molecule has 1 aliphatic carbocycles. The fourth-order valence-electron chi connectivity index (χ4n) is 4.32. The molecule has 6 nitrogen and oxygen atoms in total. The van der Waals surface area contributed by atoms with Gasteiger partial charge in [-0.1, -0.05) is 54.6 Å². The number of aryl methyl sites for hydroxylation is 1. The van der Waals surface area contributed by atoms with Gasteiger partial charge in [0.2, 0.25) is 5.91 Å². The third-order valence-corrected chi connectivity index (χ3v) is 5.94. The molecule has 6 heteroatoms. The second kappa shape index (κ2) is 9.11. The molecular formula is C24H27N3O3. The van der Waals surface area contributed by atoms with Crippen LogP contribution in [0.2, 0.25) is 0 Å². The average molecular weight is 405 g/mol. The fraction of sp³-hybridized carbons (Fsp3) is 0.375. The maximum atomic E-state index is 12.6. The highest BCUT2D eigenvalue weighted by Gasteiger charge is 2.37.